The highest BCUT2D eigenvalue weighted by Gasteiger charge is 2.31. The second kappa shape index (κ2) is 6.37. The summed E-state index contributed by atoms with van der Waals surface area (Å²) < 4.78 is 7.72. The van der Waals surface area contributed by atoms with E-state index in [0.29, 0.717) is 18.6 Å². The van der Waals surface area contributed by atoms with Gasteiger partial charge in [0.25, 0.3) is 0 Å². The number of hydrogen-bond acceptors (Lipinski definition) is 4. The van der Waals surface area contributed by atoms with Gasteiger partial charge in [-0.3, -0.25) is 4.57 Å². The number of para-hydroxylation sites is 1. The van der Waals surface area contributed by atoms with E-state index in [1.807, 2.05) is 25.1 Å². The number of rotatable bonds is 6. The van der Waals surface area contributed by atoms with E-state index in [-0.39, 0.29) is 0 Å². The molecule has 112 valence electrons. The molecular formula is C16H22N4O. The summed E-state index contributed by atoms with van der Waals surface area (Å²) in [7, 11) is 0. The van der Waals surface area contributed by atoms with Crippen molar-refractivity contribution >= 4 is 0 Å². The van der Waals surface area contributed by atoms with E-state index < -0.39 is 0 Å². The van der Waals surface area contributed by atoms with Crippen LogP contribution in [0.1, 0.15) is 31.4 Å². The minimum atomic E-state index is 0.397. The first-order valence-corrected chi connectivity index (χ1v) is 7.62. The molecule has 0 saturated heterocycles. The summed E-state index contributed by atoms with van der Waals surface area (Å²) >= 11 is 0. The molecule has 1 aromatic carbocycles. The van der Waals surface area contributed by atoms with Crippen LogP contribution in [0.15, 0.2) is 30.3 Å². The van der Waals surface area contributed by atoms with Crippen LogP contribution in [0.25, 0.3) is 5.69 Å². The largest absolute Gasteiger partial charge is 0.378 e. The number of hydrogen-bond donors (Lipinski definition) is 1. The fourth-order valence-corrected chi connectivity index (χ4v) is 2.96. The smallest absolute Gasteiger partial charge is 0.151 e. The maximum absolute atomic E-state index is 5.80. The average molecular weight is 286 g/mol. The SMILES string of the molecule is CCOC1CC(Cc2nnc(CN)n2-c2ccccc2)C1. The van der Waals surface area contributed by atoms with Crippen molar-refractivity contribution < 1.29 is 4.74 Å². The Morgan fingerprint density at radius 3 is 2.57 bits per heavy atom. The Morgan fingerprint density at radius 2 is 1.90 bits per heavy atom. The molecule has 0 atom stereocenters. The minimum Gasteiger partial charge on any atom is -0.378 e. The fraction of sp³-hybridized carbons (Fsp3) is 0.500. The highest BCUT2D eigenvalue weighted by Crippen LogP contribution is 2.33. The van der Waals surface area contributed by atoms with E-state index in [4.69, 9.17) is 10.5 Å². The standard InChI is InChI=1S/C16H22N4O/c1-2-21-14-8-12(9-14)10-15-18-19-16(11-17)20(15)13-6-4-3-5-7-13/h3-7,12,14H,2,8-11,17H2,1H3. The van der Waals surface area contributed by atoms with E-state index in [1.54, 1.807) is 0 Å². The Morgan fingerprint density at radius 1 is 1.19 bits per heavy atom. The van der Waals surface area contributed by atoms with Crippen molar-refractivity contribution in [1.29, 1.82) is 0 Å². The molecule has 1 fully saturated rings. The van der Waals surface area contributed by atoms with Gasteiger partial charge >= 0.3 is 0 Å². The molecule has 0 aliphatic heterocycles. The van der Waals surface area contributed by atoms with Gasteiger partial charge in [-0.15, -0.1) is 10.2 Å². The average Bonchev–Trinajstić information content (AvgIpc) is 2.89. The molecule has 5 nitrogen and oxygen atoms in total. The molecule has 1 saturated carbocycles. The van der Waals surface area contributed by atoms with Crippen molar-refractivity contribution in [2.45, 2.75) is 38.8 Å². The second-order valence-electron chi connectivity index (χ2n) is 5.53. The highest BCUT2D eigenvalue weighted by molar-refractivity contribution is 5.34. The molecule has 21 heavy (non-hydrogen) atoms. The normalized spacial score (nSPS) is 21.2. The zero-order chi connectivity index (χ0) is 14.7. The van der Waals surface area contributed by atoms with Crippen LogP contribution in [0.2, 0.25) is 0 Å². The van der Waals surface area contributed by atoms with Gasteiger partial charge in [0.05, 0.1) is 12.6 Å². The van der Waals surface area contributed by atoms with Crippen LogP contribution in [0.5, 0.6) is 0 Å². The van der Waals surface area contributed by atoms with E-state index in [1.165, 1.54) is 0 Å². The van der Waals surface area contributed by atoms with Gasteiger partial charge < -0.3 is 10.5 Å². The number of nitrogens with two attached hydrogens (primary N) is 1. The minimum absolute atomic E-state index is 0.397. The summed E-state index contributed by atoms with van der Waals surface area (Å²) in [6.45, 7) is 3.25. The lowest BCUT2D eigenvalue weighted by Gasteiger charge is -2.34. The molecule has 2 aromatic rings. The Hall–Kier alpha value is -1.72. The van der Waals surface area contributed by atoms with Crippen LogP contribution in [-0.4, -0.2) is 27.5 Å². The van der Waals surface area contributed by atoms with Gasteiger partial charge in [0, 0.05) is 18.7 Å². The third-order valence-corrected chi connectivity index (χ3v) is 4.06. The van der Waals surface area contributed by atoms with Gasteiger partial charge in [-0.2, -0.15) is 0 Å². The summed E-state index contributed by atoms with van der Waals surface area (Å²) in [4.78, 5) is 0. The molecule has 0 amide bonds. The molecule has 0 spiro atoms. The van der Waals surface area contributed by atoms with Crippen molar-refractivity contribution in [1.82, 2.24) is 14.8 Å². The van der Waals surface area contributed by atoms with Crippen LogP contribution in [0.3, 0.4) is 0 Å². The lowest BCUT2D eigenvalue weighted by Crippen LogP contribution is -2.33. The predicted molar refractivity (Wildman–Crippen MR) is 81.1 cm³/mol. The van der Waals surface area contributed by atoms with Gasteiger partial charge in [0.15, 0.2) is 5.82 Å². The van der Waals surface area contributed by atoms with Crippen LogP contribution in [0, 0.1) is 5.92 Å². The van der Waals surface area contributed by atoms with Crippen molar-refractivity contribution in [3.63, 3.8) is 0 Å². The van der Waals surface area contributed by atoms with Crippen molar-refractivity contribution in [3.8, 4) is 5.69 Å². The number of ether oxygens (including phenoxy) is 1. The third-order valence-electron chi connectivity index (χ3n) is 4.06. The van der Waals surface area contributed by atoms with Gasteiger partial charge in [-0.05, 0) is 37.8 Å². The van der Waals surface area contributed by atoms with E-state index in [0.717, 1.165) is 43.2 Å². The quantitative estimate of drug-likeness (QED) is 0.883. The predicted octanol–water partition coefficient (Wildman–Crippen LogP) is 2.08. The summed E-state index contributed by atoms with van der Waals surface area (Å²) in [5.74, 6) is 2.46. The van der Waals surface area contributed by atoms with Crippen molar-refractivity contribution in [2.24, 2.45) is 11.7 Å². The van der Waals surface area contributed by atoms with E-state index >= 15 is 0 Å². The molecule has 1 aromatic heterocycles. The van der Waals surface area contributed by atoms with E-state index in [9.17, 15) is 0 Å². The van der Waals surface area contributed by atoms with Crippen LogP contribution in [0.4, 0.5) is 0 Å². The molecule has 1 heterocycles. The molecule has 5 heteroatoms. The number of benzene rings is 1. The molecular weight excluding hydrogens is 264 g/mol. The fourth-order valence-electron chi connectivity index (χ4n) is 2.96. The lowest BCUT2D eigenvalue weighted by molar-refractivity contribution is -0.0246. The summed E-state index contributed by atoms with van der Waals surface area (Å²) in [6.07, 6.45) is 3.61. The van der Waals surface area contributed by atoms with Gasteiger partial charge in [-0.1, -0.05) is 18.2 Å². The summed E-state index contributed by atoms with van der Waals surface area (Å²) in [5, 5.41) is 8.58. The Kier molecular flexibility index (Phi) is 4.31. The third kappa shape index (κ3) is 2.99. The Labute approximate surface area is 125 Å². The molecule has 3 rings (SSSR count). The molecule has 0 unspecified atom stereocenters. The first-order valence-electron chi connectivity index (χ1n) is 7.62. The molecule has 0 bridgehead atoms. The maximum atomic E-state index is 5.80. The van der Waals surface area contributed by atoms with Crippen LogP contribution < -0.4 is 5.73 Å². The van der Waals surface area contributed by atoms with Gasteiger partial charge in [-0.25, -0.2) is 0 Å². The zero-order valence-corrected chi connectivity index (χ0v) is 12.4. The molecule has 1 aliphatic rings. The van der Waals surface area contributed by atoms with Gasteiger partial charge in [0.2, 0.25) is 0 Å². The second-order valence-corrected chi connectivity index (χ2v) is 5.53. The van der Waals surface area contributed by atoms with Crippen molar-refractivity contribution in [2.75, 3.05) is 6.61 Å². The van der Waals surface area contributed by atoms with E-state index in [2.05, 4.69) is 26.9 Å². The molecule has 0 radical (unpaired) electrons. The highest BCUT2D eigenvalue weighted by atomic mass is 16.5. The first kappa shape index (κ1) is 14.2. The zero-order valence-electron chi connectivity index (χ0n) is 12.4. The van der Waals surface area contributed by atoms with Gasteiger partial charge in [0.1, 0.15) is 5.82 Å². The summed E-state index contributed by atoms with van der Waals surface area (Å²) in [6, 6.07) is 10.2. The molecule has 2 N–H and O–H groups in total. The Balaban J connectivity index is 1.76. The van der Waals surface area contributed by atoms with Crippen LogP contribution >= 0.6 is 0 Å². The first-order chi connectivity index (χ1) is 10.3. The Bertz CT molecular complexity index is 575. The topological polar surface area (TPSA) is 66.0 Å². The monoisotopic (exact) mass is 286 g/mol. The maximum Gasteiger partial charge on any atom is 0.151 e. The van der Waals surface area contributed by atoms with Crippen molar-refractivity contribution in [3.05, 3.63) is 42.0 Å². The van der Waals surface area contributed by atoms with Crippen LogP contribution in [-0.2, 0) is 17.7 Å². The molecule has 1 aliphatic carbocycles. The lowest BCUT2D eigenvalue weighted by atomic mass is 9.80. The number of nitrogens with zero attached hydrogens (tertiary/aromatic N) is 3. The summed E-state index contributed by atoms with van der Waals surface area (Å²) in [5.41, 5.74) is 6.88. The number of aromatic nitrogens is 3.